The Bertz CT molecular complexity index is 923. The number of hydrogen-bond acceptors (Lipinski definition) is 5. The van der Waals surface area contributed by atoms with Crippen molar-refractivity contribution in [1.82, 2.24) is 10.1 Å². The lowest BCUT2D eigenvalue weighted by Gasteiger charge is -2.15. The summed E-state index contributed by atoms with van der Waals surface area (Å²) in [5.74, 6) is 0.671. The molecule has 1 fully saturated rings. The van der Waals surface area contributed by atoms with Gasteiger partial charge in [-0.15, -0.1) is 0 Å². The molecule has 0 unspecified atom stereocenters. The number of aromatic nitrogens is 1. The summed E-state index contributed by atoms with van der Waals surface area (Å²) in [6, 6.07) is 12.2. The number of anilines is 1. The first-order valence-electron chi connectivity index (χ1n) is 8.88. The van der Waals surface area contributed by atoms with E-state index in [-0.39, 0.29) is 17.5 Å². The third kappa shape index (κ3) is 3.92. The maximum absolute atomic E-state index is 12.3. The van der Waals surface area contributed by atoms with Crippen LogP contribution in [0.2, 0.25) is 0 Å². The van der Waals surface area contributed by atoms with E-state index in [1.807, 2.05) is 17.0 Å². The summed E-state index contributed by atoms with van der Waals surface area (Å²) in [4.78, 5) is 26.4. The molecule has 2 amide bonds. The Labute approximate surface area is 155 Å². The normalized spacial score (nSPS) is 13.7. The fourth-order valence-corrected chi connectivity index (χ4v) is 3.07. The number of benzene rings is 1. The molecular formula is C20H19N3O4. The van der Waals surface area contributed by atoms with Crippen LogP contribution in [0.25, 0.3) is 11.5 Å². The lowest BCUT2D eigenvalue weighted by molar-refractivity contribution is -0.129. The summed E-state index contributed by atoms with van der Waals surface area (Å²) in [5, 5.41) is 6.54. The zero-order valence-corrected chi connectivity index (χ0v) is 14.7. The zero-order chi connectivity index (χ0) is 18.6. The number of amides is 2. The second-order valence-corrected chi connectivity index (χ2v) is 6.47. The average molecular weight is 365 g/mol. The van der Waals surface area contributed by atoms with E-state index < -0.39 is 0 Å². The zero-order valence-electron chi connectivity index (χ0n) is 14.7. The molecule has 7 heteroatoms. The van der Waals surface area contributed by atoms with Crippen LogP contribution in [0.3, 0.4) is 0 Å². The molecule has 1 aliphatic rings. The highest BCUT2D eigenvalue weighted by atomic mass is 16.5. The van der Waals surface area contributed by atoms with Gasteiger partial charge in [0.15, 0.2) is 11.5 Å². The number of hydrogen-bond donors (Lipinski definition) is 1. The first-order chi connectivity index (χ1) is 13.2. The SMILES string of the molecule is O=C(Nc1ccc(CC(=O)N2CCCC2)cc1)c1cc(-c2ccco2)on1. The molecule has 1 saturated heterocycles. The molecular weight excluding hydrogens is 346 g/mol. The first-order valence-corrected chi connectivity index (χ1v) is 8.88. The molecule has 0 saturated carbocycles. The van der Waals surface area contributed by atoms with Crippen molar-refractivity contribution < 1.29 is 18.5 Å². The number of likely N-dealkylation sites (tertiary alicyclic amines) is 1. The second-order valence-electron chi connectivity index (χ2n) is 6.47. The molecule has 3 heterocycles. The van der Waals surface area contributed by atoms with E-state index in [0.717, 1.165) is 31.5 Å². The molecule has 0 spiro atoms. The molecule has 0 radical (unpaired) electrons. The largest absolute Gasteiger partial charge is 0.461 e. The van der Waals surface area contributed by atoms with Gasteiger partial charge in [0.25, 0.3) is 5.91 Å². The molecule has 1 aliphatic heterocycles. The highest BCUT2D eigenvalue weighted by Gasteiger charge is 2.18. The third-order valence-corrected chi connectivity index (χ3v) is 4.53. The van der Waals surface area contributed by atoms with Gasteiger partial charge in [-0.05, 0) is 42.7 Å². The van der Waals surface area contributed by atoms with Crippen molar-refractivity contribution in [3.05, 3.63) is 60.0 Å². The number of carbonyl (C=O) groups is 2. The van der Waals surface area contributed by atoms with E-state index in [9.17, 15) is 9.59 Å². The molecule has 3 aromatic rings. The van der Waals surface area contributed by atoms with E-state index in [2.05, 4.69) is 10.5 Å². The molecule has 0 atom stereocenters. The fraction of sp³-hybridized carbons (Fsp3) is 0.250. The summed E-state index contributed by atoms with van der Waals surface area (Å²) in [6.45, 7) is 1.70. The van der Waals surface area contributed by atoms with E-state index in [4.69, 9.17) is 8.94 Å². The minimum Gasteiger partial charge on any atom is -0.461 e. The highest BCUT2D eigenvalue weighted by Crippen LogP contribution is 2.21. The number of furan rings is 1. The minimum atomic E-state index is -0.377. The lowest BCUT2D eigenvalue weighted by atomic mass is 10.1. The molecule has 4 rings (SSSR count). The van der Waals surface area contributed by atoms with Gasteiger partial charge in [0.2, 0.25) is 11.7 Å². The van der Waals surface area contributed by atoms with Gasteiger partial charge < -0.3 is 19.2 Å². The van der Waals surface area contributed by atoms with Crippen LogP contribution in [0.4, 0.5) is 5.69 Å². The first kappa shape index (κ1) is 17.1. The minimum absolute atomic E-state index is 0.150. The van der Waals surface area contributed by atoms with Gasteiger partial charge in [-0.25, -0.2) is 0 Å². The summed E-state index contributed by atoms with van der Waals surface area (Å²) in [6.07, 6.45) is 4.07. The van der Waals surface area contributed by atoms with E-state index in [1.165, 1.54) is 12.3 Å². The van der Waals surface area contributed by atoms with Gasteiger partial charge in [0.05, 0.1) is 12.7 Å². The molecule has 27 heavy (non-hydrogen) atoms. The number of carbonyl (C=O) groups excluding carboxylic acids is 2. The predicted octanol–water partition coefficient (Wildman–Crippen LogP) is 3.35. The van der Waals surface area contributed by atoms with Crippen LogP contribution in [-0.2, 0) is 11.2 Å². The van der Waals surface area contributed by atoms with Gasteiger partial charge in [-0.3, -0.25) is 9.59 Å². The van der Waals surface area contributed by atoms with Crippen LogP contribution in [-0.4, -0.2) is 35.0 Å². The number of rotatable bonds is 5. The molecule has 7 nitrogen and oxygen atoms in total. The topological polar surface area (TPSA) is 88.6 Å². The standard InChI is InChI=1S/C20H19N3O4/c24-19(23-9-1-2-10-23)12-14-5-7-15(8-6-14)21-20(25)16-13-18(27-22-16)17-4-3-11-26-17/h3-8,11,13H,1-2,9-10,12H2,(H,21,25). The summed E-state index contributed by atoms with van der Waals surface area (Å²) in [5.41, 5.74) is 1.71. The number of nitrogens with one attached hydrogen (secondary N) is 1. The Morgan fingerprint density at radius 2 is 1.85 bits per heavy atom. The Kier molecular flexibility index (Phi) is 4.74. The van der Waals surface area contributed by atoms with Crippen LogP contribution >= 0.6 is 0 Å². The van der Waals surface area contributed by atoms with Crippen molar-refractivity contribution >= 4 is 17.5 Å². The fourth-order valence-electron chi connectivity index (χ4n) is 3.07. The summed E-state index contributed by atoms with van der Waals surface area (Å²) < 4.78 is 10.3. The van der Waals surface area contributed by atoms with Crippen molar-refractivity contribution in [2.75, 3.05) is 18.4 Å². The Morgan fingerprint density at radius 1 is 1.07 bits per heavy atom. The third-order valence-electron chi connectivity index (χ3n) is 4.53. The van der Waals surface area contributed by atoms with Crippen LogP contribution in [0.5, 0.6) is 0 Å². The summed E-state index contributed by atoms with van der Waals surface area (Å²) >= 11 is 0. The van der Waals surface area contributed by atoms with Crippen LogP contribution in [0.15, 0.2) is 57.7 Å². The van der Waals surface area contributed by atoms with E-state index in [0.29, 0.717) is 23.6 Å². The van der Waals surface area contributed by atoms with Gasteiger partial charge >= 0.3 is 0 Å². The van der Waals surface area contributed by atoms with Crippen molar-refractivity contribution in [3.8, 4) is 11.5 Å². The van der Waals surface area contributed by atoms with Crippen molar-refractivity contribution in [1.29, 1.82) is 0 Å². The predicted molar refractivity (Wildman–Crippen MR) is 98.1 cm³/mol. The maximum Gasteiger partial charge on any atom is 0.277 e. The average Bonchev–Trinajstić information content (AvgIpc) is 3.43. The van der Waals surface area contributed by atoms with Crippen LogP contribution in [0.1, 0.15) is 28.9 Å². The second kappa shape index (κ2) is 7.49. The monoisotopic (exact) mass is 365 g/mol. The van der Waals surface area contributed by atoms with Crippen LogP contribution in [0, 0.1) is 0 Å². The maximum atomic E-state index is 12.3. The van der Waals surface area contributed by atoms with Gasteiger partial charge in [-0.2, -0.15) is 0 Å². The Hall–Kier alpha value is -3.35. The van der Waals surface area contributed by atoms with Gasteiger partial charge in [0.1, 0.15) is 0 Å². The van der Waals surface area contributed by atoms with E-state index >= 15 is 0 Å². The lowest BCUT2D eigenvalue weighted by Crippen LogP contribution is -2.29. The van der Waals surface area contributed by atoms with Crippen molar-refractivity contribution in [2.45, 2.75) is 19.3 Å². The molecule has 0 bridgehead atoms. The Balaban J connectivity index is 1.36. The smallest absolute Gasteiger partial charge is 0.277 e. The van der Waals surface area contributed by atoms with Gasteiger partial charge in [0, 0.05) is 24.8 Å². The van der Waals surface area contributed by atoms with Crippen LogP contribution < -0.4 is 5.32 Å². The molecule has 1 aromatic carbocycles. The molecule has 138 valence electrons. The van der Waals surface area contributed by atoms with E-state index in [1.54, 1.807) is 24.3 Å². The quantitative estimate of drug-likeness (QED) is 0.749. The molecule has 2 aromatic heterocycles. The highest BCUT2D eigenvalue weighted by molar-refractivity contribution is 6.03. The van der Waals surface area contributed by atoms with Crippen molar-refractivity contribution in [3.63, 3.8) is 0 Å². The molecule has 1 N–H and O–H groups in total. The summed E-state index contributed by atoms with van der Waals surface area (Å²) in [7, 11) is 0. The molecule has 0 aliphatic carbocycles. The van der Waals surface area contributed by atoms with Crippen molar-refractivity contribution in [2.24, 2.45) is 0 Å². The number of nitrogens with zero attached hydrogens (tertiary/aromatic N) is 2. The van der Waals surface area contributed by atoms with Gasteiger partial charge in [-0.1, -0.05) is 17.3 Å². The Morgan fingerprint density at radius 3 is 2.56 bits per heavy atom.